The number of phenols is 1. The van der Waals surface area contributed by atoms with Crippen LogP contribution in [0.4, 0.5) is 0 Å². The van der Waals surface area contributed by atoms with Crippen molar-refractivity contribution in [3.8, 4) is 11.5 Å². The number of halogens is 1. The van der Waals surface area contributed by atoms with Crippen molar-refractivity contribution < 1.29 is 14.6 Å². The van der Waals surface area contributed by atoms with E-state index >= 15 is 0 Å². The standard InChI is InChI=1S/C14H14BrN5O5S/c1-2-25-9-4-7(3-8(15)11(9)22)5-16-18-10(21)6-26-13-12(23)17-14(24)20-19-13/h3-5,22H,2,6H2,1H3,(H,18,21)(H2,17,20,23,24)/b16-5+. The summed E-state index contributed by atoms with van der Waals surface area (Å²) in [5.74, 6) is -0.332. The van der Waals surface area contributed by atoms with Crippen molar-refractivity contribution in [3.63, 3.8) is 0 Å². The summed E-state index contributed by atoms with van der Waals surface area (Å²) >= 11 is 4.06. The van der Waals surface area contributed by atoms with Gasteiger partial charge >= 0.3 is 5.69 Å². The SMILES string of the molecule is CCOc1cc(/C=N/NC(=O)CSc2n[nH]c(=O)[nH]c2=O)cc(Br)c1O. The average Bonchev–Trinajstić information content (AvgIpc) is 2.58. The highest BCUT2D eigenvalue weighted by molar-refractivity contribution is 9.10. The van der Waals surface area contributed by atoms with Gasteiger partial charge in [-0.25, -0.2) is 15.3 Å². The van der Waals surface area contributed by atoms with Crippen LogP contribution in [0.1, 0.15) is 12.5 Å². The van der Waals surface area contributed by atoms with Crippen LogP contribution in [0.15, 0.2) is 36.3 Å². The van der Waals surface area contributed by atoms with Gasteiger partial charge in [0, 0.05) is 0 Å². The number of aromatic nitrogens is 3. The molecule has 0 aliphatic heterocycles. The number of thioether (sulfide) groups is 1. The third-order valence-corrected chi connectivity index (χ3v) is 4.33. The Morgan fingerprint density at radius 1 is 1.50 bits per heavy atom. The normalized spacial score (nSPS) is 10.8. The van der Waals surface area contributed by atoms with Crippen molar-refractivity contribution in [2.45, 2.75) is 11.9 Å². The van der Waals surface area contributed by atoms with Crippen LogP contribution < -0.4 is 21.4 Å². The Morgan fingerprint density at radius 3 is 2.96 bits per heavy atom. The van der Waals surface area contributed by atoms with Gasteiger partial charge in [-0.15, -0.1) is 0 Å². The molecule has 10 nitrogen and oxygen atoms in total. The van der Waals surface area contributed by atoms with Gasteiger partial charge < -0.3 is 9.84 Å². The largest absolute Gasteiger partial charge is 0.503 e. The molecule has 0 bridgehead atoms. The molecule has 1 heterocycles. The van der Waals surface area contributed by atoms with E-state index in [1.54, 1.807) is 19.1 Å². The Kier molecular flexibility index (Phi) is 6.97. The molecule has 0 radical (unpaired) electrons. The van der Waals surface area contributed by atoms with Crippen molar-refractivity contribution in [2.24, 2.45) is 5.10 Å². The number of aromatic hydroxyl groups is 1. The first-order valence-corrected chi connectivity index (χ1v) is 8.97. The number of H-pyrrole nitrogens is 2. The molecule has 1 amide bonds. The van der Waals surface area contributed by atoms with Crippen LogP contribution in [0.2, 0.25) is 0 Å². The molecule has 4 N–H and O–H groups in total. The lowest BCUT2D eigenvalue weighted by Gasteiger charge is -2.08. The number of hydrogen-bond donors (Lipinski definition) is 4. The zero-order valence-corrected chi connectivity index (χ0v) is 15.8. The van der Waals surface area contributed by atoms with E-state index in [-0.39, 0.29) is 22.3 Å². The van der Waals surface area contributed by atoms with E-state index in [0.29, 0.717) is 16.6 Å². The number of hydrogen-bond acceptors (Lipinski definition) is 8. The number of nitrogens with one attached hydrogen (secondary N) is 3. The summed E-state index contributed by atoms with van der Waals surface area (Å²) in [4.78, 5) is 36.0. The topological polar surface area (TPSA) is 150 Å². The van der Waals surface area contributed by atoms with Crippen molar-refractivity contribution in [3.05, 3.63) is 43.0 Å². The van der Waals surface area contributed by atoms with Gasteiger partial charge in [0.25, 0.3) is 5.56 Å². The van der Waals surface area contributed by atoms with Crippen molar-refractivity contribution >= 4 is 39.8 Å². The molecule has 0 aliphatic rings. The molecule has 1 aromatic carbocycles. The van der Waals surface area contributed by atoms with E-state index in [4.69, 9.17) is 4.74 Å². The Labute approximate surface area is 159 Å². The summed E-state index contributed by atoms with van der Waals surface area (Å²) in [6, 6.07) is 3.17. The number of carbonyl (C=O) groups is 1. The molecule has 0 saturated carbocycles. The van der Waals surface area contributed by atoms with E-state index in [1.165, 1.54) is 6.21 Å². The Bertz CT molecular complexity index is 942. The third-order valence-electron chi connectivity index (χ3n) is 2.77. The fourth-order valence-electron chi connectivity index (χ4n) is 1.71. The molecular weight excluding hydrogens is 430 g/mol. The van der Waals surface area contributed by atoms with E-state index in [9.17, 15) is 19.5 Å². The smallest absolute Gasteiger partial charge is 0.342 e. The minimum atomic E-state index is -0.722. The molecule has 1 aromatic heterocycles. The minimum Gasteiger partial charge on any atom is -0.503 e. The Hall–Kier alpha value is -2.60. The fourth-order valence-corrected chi connectivity index (χ4v) is 2.80. The van der Waals surface area contributed by atoms with Crippen LogP contribution in [0, 0.1) is 0 Å². The minimum absolute atomic E-state index is 0.0249. The molecule has 0 unspecified atom stereocenters. The number of hydrazone groups is 1. The van der Waals surface area contributed by atoms with Crippen molar-refractivity contribution in [1.82, 2.24) is 20.6 Å². The summed E-state index contributed by atoms with van der Waals surface area (Å²) in [7, 11) is 0. The predicted molar refractivity (Wildman–Crippen MR) is 98.9 cm³/mol. The number of ether oxygens (including phenoxy) is 1. The van der Waals surface area contributed by atoms with E-state index in [1.807, 2.05) is 4.98 Å². The number of benzene rings is 1. The zero-order chi connectivity index (χ0) is 19.1. The van der Waals surface area contributed by atoms with Gasteiger partial charge in [0.05, 0.1) is 23.0 Å². The molecule has 0 atom stereocenters. The Balaban J connectivity index is 1.94. The van der Waals surface area contributed by atoms with Crippen LogP contribution in [-0.2, 0) is 4.79 Å². The molecule has 26 heavy (non-hydrogen) atoms. The van der Waals surface area contributed by atoms with Gasteiger partial charge in [0.15, 0.2) is 16.5 Å². The van der Waals surface area contributed by atoms with Crippen molar-refractivity contribution in [1.29, 1.82) is 0 Å². The van der Waals surface area contributed by atoms with E-state index in [0.717, 1.165) is 11.8 Å². The molecule has 0 spiro atoms. The van der Waals surface area contributed by atoms with Crippen LogP contribution >= 0.6 is 27.7 Å². The van der Waals surface area contributed by atoms with Gasteiger partial charge in [0.1, 0.15) is 0 Å². The van der Waals surface area contributed by atoms with Crippen LogP contribution in [-0.4, -0.2) is 44.8 Å². The van der Waals surface area contributed by atoms with Gasteiger partial charge in [-0.1, -0.05) is 11.8 Å². The van der Waals surface area contributed by atoms with Gasteiger partial charge in [0.2, 0.25) is 5.91 Å². The molecular formula is C14H14BrN5O5S. The molecule has 2 rings (SSSR count). The third kappa shape index (κ3) is 5.46. The monoisotopic (exact) mass is 443 g/mol. The Morgan fingerprint density at radius 2 is 2.27 bits per heavy atom. The summed E-state index contributed by atoms with van der Waals surface area (Å²) in [5, 5.41) is 19.2. The maximum Gasteiger partial charge on any atom is 0.342 e. The average molecular weight is 444 g/mol. The quantitative estimate of drug-likeness (QED) is 0.277. The maximum atomic E-state index is 11.7. The number of phenolic OH excluding ortho intramolecular Hbond substituents is 1. The second-order valence-corrected chi connectivity index (χ2v) is 6.49. The fraction of sp³-hybridized carbons (Fsp3) is 0.214. The highest BCUT2D eigenvalue weighted by Gasteiger charge is 2.09. The van der Waals surface area contributed by atoms with Gasteiger partial charge in [-0.2, -0.15) is 10.2 Å². The second-order valence-electron chi connectivity index (χ2n) is 4.68. The zero-order valence-electron chi connectivity index (χ0n) is 13.4. The summed E-state index contributed by atoms with van der Waals surface area (Å²) < 4.78 is 5.72. The first kappa shape index (κ1) is 19.7. The van der Waals surface area contributed by atoms with Crippen LogP contribution in [0.5, 0.6) is 11.5 Å². The lowest BCUT2D eigenvalue weighted by atomic mass is 10.2. The second kappa shape index (κ2) is 9.20. The maximum absolute atomic E-state index is 11.7. The van der Waals surface area contributed by atoms with E-state index < -0.39 is 17.2 Å². The first-order chi connectivity index (χ1) is 12.4. The molecule has 0 aliphatic carbocycles. The lowest BCUT2D eigenvalue weighted by molar-refractivity contribution is -0.118. The molecule has 138 valence electrons. The molecule has 0 saturated heterocycles. The highest BCUT2D eigenvalue weighted by Crippen LogP contribution is 2.34. The van der Waals surface area contributed by atoms with Gasteiger partial charge in [-0.3, -0.25) is 14.6 Å². The number of rotatable bonds is 7. The van der Waals surface area contributed by atoms with E-state index in [2.05, 4.69) is 36.7 Å². The number of amides is 1. The summed E-state index contributed by atoms with van der Waals surface area (Å²) in [6.07, 6.45) is 1.38. The molecule has 0 fully saturated rings. The van der Waals surface area contributed by atoms with Crippen LogP contribution in [0.25, 0.3) is 0 Å². The number of nitrogens with zero attached hydrogens (tertiary/aromatic N) is 2. The summed E-state index contributed by atoms with van der Waals surface area (Å²) in [5.41, 5.74) is 1.49. The van der Waals surface area contributed by atoms with Crippen LogP contribution in [0.3, 0.4) is 0 Å². The lowest BCUT2D eigenvalue weighted by Crippen LogP contribution is -2.26. The summed E-state index contributed by atoms with van der Waals surface area (Å²) in [6.45, 7) is 2.17. The highest BCUT2D eigenvalue weighted by atomic mass is 79.9. The van der Waals surface area contributed by atoms with Gasteiger partial charge in [-0.05, 0) is 40.5 Å². The number of aromatic amines is 2. The molecule has 2 aromatic rings. The first-order valence-electron chi connectivity index (χ1n) is 7.19. The predicted octanol–water partition coefficient (Wildman–Crippen LogP) is 0.567. The van der Waals surface area contributed by atoms with Crippen molar-refractivity contribution in [2.75, 3.05) is 12.4 Å². The number of carbonyl (C=O) groups excluding carboxylic acids is 1. The molecule has 12 heteroatoms.